The van der Waals surface area contributed by atoms with Crippen LogP contribution in [0.25, 0.3) is 0 Å². The predicted molar refractivity (Wildman–Crippen MR) is 128 cm³/mol. The van der Waals surface area contributed by atoms with Gasteiger partial charge in [-0.25, -0.2) is 0 Å². The molecule has 1 aliphatic heterocycles. The minimum atomic E-state index is 0. The number of nitrogens with two attached hydrogens (primary N) is 1. The lowest BCUT2D eigenvalue weighted by molar-refractivity contribution is -0.128. The molecule has 3 N–H and O–H groups in total. The molecule has 3 aliphatic rings. The van der Waals surface area contributed by atoms with E-state index in [-0.39, 0.29) is 36.6 Å². The summed E-state index contributed by atoms with van der Waals surface area (Å²) in [4.78, 5) is 15.4. The molecule has 4 rings (SSSR count). The first kappa shape index (κ1) is 25.5. The fourth-order valence-corrected chi connectivity index (χ4v) is 5.68. The summed E-state index contributed by atoms with van der Waals surface area (Å²) in [6.45, 7) is 6.38. The number of benzene rings is 1. The van der Waals surface area contributed by atoms with E-state index in [4.69, 9.17) is 5.73 Å². The molecule has 3 fully saturated rings. The Bertz CT molecular complexity index is 664. The molecule has 2 saturated carbocycles. The Morgan fingerprint density at radius 2 is 1.63 bits per heavy atom. The van der Waals surface area contributed by atoms with Gasteiger partial charge in [0.1, 0.15) is 0 Å². The van der Waals surface area contributed by atoms with Crippen LogP contribution in [0.2, 0.25) is 0 Å². The minimum absolute atomic E-state index is 0. The molecule has 170 valence electrons. The van der Waals surface area contributed by atoms with Crippen molar-refractivity contribution in [2.75, 3.05) is 13.1 Å². The second-order valence-electron chi connectivity index (χ2n) is 9.64. The molecule has 2 bridgehead atoms. The zero-order valence-corrected chi connectivity index (χ0v) is 19.9. The Labute approximate surface area is 194 Å². The van der Waals surface area contributed by atoms with Crippen LogP contribution < -0.4 is 11.1 Å². The third-order valence-electron chi connectivity index (χ3n) is 7.63. The number of fused-ring (bicyclic) bond motifs is 2. The largest absolute Gasteiger partial charge is 0.352 e. The van der Waals surface area contributed by atoms with Gasteiger partial charge in [-0.1, -0.05) is 37.6 Å². The lowest BCUT2D eigenvalue weighted by atomic mass is 9.65. The van der Waals surface area contributed by atoms with Gasteiger partial charge in [0.2, 0.25) is 5.91 Å². The number of carbonyl (C=O) groups is 1. The van der Waals surface area contributed by atoms with Crippen LogP contribution in [0, 0.1) is 23.7 Å². The molecule has 1 aromatic carbocycles. The van der Waals surface area contributed by atoms with Gasteiger partial charge in [-0.2, -0.15) is 0 Å². The molecule has 1 heterocycles. The molecule has 30 heavy (non-hydrogen) atoms. The van der Waals surface area contributed by atoms with Crippen molar-refractivity contribution in [3.05, 3.63) is 35.4 Å². The number of amides is 1. The second-order valence-corrected chi connectivity index (χ2v) is 9.64. The Morgan fingerprint density at radius 3 is 2.27 bits per heavy atom. The normalized spacial score (nSPS) is 29.4. The van der Waals surface area contributed by atoms with Gasteiger partial charge < -0.3 is 11.1 Å². The van der Waals surface area contributed by atoms with Crippen molar-refractivity contribution in [2.24, 2.45) is 29.4 Å². The van der Waals surface area contributed by atoms with E-state index in [1.54, 1.807) is 0 Å². The molecule has 2 unspecified atom stereocenters. The maximum absolute atomic E-state index is 12.9. The highest BCUT2D eigenvalue weighted by molar-refractivity contribution is 5.85. The first-order chi connectivity index (χ1) is 13.6. The lowest BCUT2D eigenvalue weighted by Crippen LogP contribution is -2.49. The number of rotatable bonds is 5. The van der Waals surface area contributed by atoms with E-state index in [1.165, 1.54) is 56.3 Å². The van der Waals surface area contributed by atoms with E-state index in [2.05, 4.69) is 41.4 Å². The first-order valence-electron chi connectivity index (χ1n) is 11.4. The molecule has 0 spiro atoms. The molecule has 0 aromatic heterocycles. The van der Waals surface area contributed by atoms with Crippen LogP contribution in [-0.2, 0) is 17.9 Å². The third kappa shape index (κ3) is 6.12. The molecule has 2 aliphatic carbocycles. The minimum Gasteiger partial charge on any atom is -0.352 e. The number of piperidine rings is 1. The fraction of sp³-hybridized carbons (Fsp3) is 0.708. The van der Waals surface area contributed by atoms with Crippen LogP contribution in [0.15, 0.2) is 24.3 Å². The molecule has 2 atom stereocenters. The molecular weight excluding hydrogens is 417 g/mol. The number of halogens is 2. The SMILES string of the molecule is CC1CCN(Cc2ccccc2CNC(=O)C2CC3CCCC(C2)C3N)CC1.Cl.Cl. The van der Waals surface area contributed by atoms with Crippen LogP contribution in [0.1, 0.15) is 63.0 Å². The molecule has 4 nitrogen and oxygen atoms in total. The van der Waals surface area contributed by atoms with Crippen LogP contribution in [0.4, 0.5) is 0 Å². The van der Waals surface area contributed by atoms with Crippen molar-refractivity contribution in [3.8, 4) is 0 Å². The molecule has 1 saturated heterocycles. The van der Waals surface area contributed by atoms with E-state index in [9.17, 15) is 4.79 Å². The number of hydrogen-bond donors (Lipinski definition) is 2. The van der Waals surface area contributed by atoms with E-state index >= 15 is 0 Å². The number of hydrogen-bond acceptors (Lipinski definition) is 3. The lowest BCUT2D eigenvalue weighted by Gasteiger charge is -2.43. The van der Waals surface area contributed by atoms with Crippen molar-refractivity contribution < 1.29 is 4.79 Å². The van der Waals surface area contributed by atoms with Crippen LogP contribution in [0.5, 0.6) is 0 Å². The summed E-state index contributed by atoms with van der Waals surface area (Å²) in [7, 11) is 0. The van der Waals surface area contributed by atoms with Crippen LogP contribution >= 0.6 is 24.8 Å². The van der Waals surface area contributed by atoms with Crippen LogP contribution in [0.3, 0.4) is 0 Å². The third-order valence-corrected chi connectivity index (χ3v) is 7.63. The highest BCUT2D eigenvalue weighted by Gasteiger charge is 2.40. The quantitative estimate of drug-likeness (QED) is 0.685. The Kier molecular flexibility index (Phi) is 9.93. The van der Waals surface area contributed by atoms with Gasteiger partial charge in [0, 0.05) is 25.0 Å². The van der Waals surface area contributed by atoms with E-state index in [0.717, 1.165) is 25.3 Å². The topological polar surface area (TPSA) is 58.4 Å². The molecule has 1 aromatic rings. The maximum atomic E-state index is 12.9. The van der Waals surface area contributed by atoms with E-state index < -0.39 is 0 Å². The van der Waals surface area contributed by atoms with Gasteiger partial charge in [-0.05, 0) is 80.5 Å². The average molecular weight is 457 g/mol. The fourth-order valence-electron chi connectivity index (χ4n) is 5.68. The smallest absolute Gasteiger partial charge is 0.223 e. The van der Waals surface area contributed by atoms with Gasteiger partial charge in [-0.15, -0.1) is 24.8 Å². The van der Waals surface area contributed by atoms with Crippen molar-refractivity contribution in [2.45, 2.75) is 71.0 Å². The molecule has 0 radical (unpaired) electrons. The van der Waals surface area contributed by atoms with Gasteiger partial charge in [0.05, 0.1) is 0 Å². The van der Waals surface area contributed by atoms with Crippen molar-refractivity contribution >= 4 is 30.7 Å². The Hall–Kier alpha value is -0.810. The summed E-state index contributed by atoms with van der Waals surface area (Å²) in [5, 5.41) is 3.26. The zero-order valence-electron chi connectivity index (χ0n) is 18.2. The highest BCUT2D eigenvalue weighted by atomic mass is 35.5. The van der Waals surface area contributed by atoms with Gasteiger partial charge in [0.15, 0.2) is 0 Å². The van der Waals surface area contributed by atoms with Crippen molar-refractivity contribution in [1.29, 1.82) is 0 Å². The van der Waals surface area contributed by atoms with Crippen molar-refractivity contribution in [1.82, 2.24) is 10.2 Å². The van der Waals surface area contributed by atoms with Gasteiger partial charge >= 0.3 is 0 Å². The number of nitrogens with one attached hydrogen (secondary N) is 1. The summed E-state index contributed by atoms with van der Waals surface area (Å²) in [6, 6.07) is 8.94. The summed E-state index contributed by atoms with van der Waals surface area (Å²) in [5.41, 5.74) is 9.02. The number of nitrogens with zero attached hydrogens (tertiary/aromatic N) is 1. The summed E-state index contributed by atoms with van der Waals surface area (Å²) >= 11 is 0. The second kappa shape index (κ2) is 11.7. The zero-order chi connectivity index (χ0) is 19.5. The predicted octanol–water partition coefficient (Wildman–Crippen LogP) is 4.53. The van der Waals surface area contributed by atoms with E-state index in [0.29, 0.717) is 24.4 Å². The van der Waals surface area contributed by atoms with Crippen LogP contribution in [-0.4, -0.2) is 29.9 Å². The maximum Gasteiger partial charge on any atom is 0.223 e. The molecule has 1 amide bonds. The Balaban J connectivity index is 0.00000160. The average Bonchev–Trinajstić information content (AvgIpc) is 2.68. The summed E-state index contributed by atoms with van der Waals surface area (Å²) in [5.74, 6) is 2.36. The molecular formula is C24H39Cl2N3O. The van der Waals surface area contributed by atoms with Gasteiger partial charge in [-0.3, -0.25) is 9.69 Å². The number of likely N-dealkylation sites (tertiary alicyclic amines) is 1. The highest BCUT2D eigenvalue weighted by Crippen LogP contribution is 2.41. The standard InChI is InChI=1S/C24H37N3O.2ClH/c1-17-9-11-27(12-10-17)16-21-6-3-2-5-20(21)15-26-24(28)22-13-18-7-4-8-19(14-22)23(18)25;;/h2-3,5-6,17-19,22-23H,4,7-16,25H2,1H3,(H,26,28);2*1H. The molecule has 6 heteroatoms. The monoisotopic (exact) mass is 455 g/mol. The summed E-state index contributed by atoms with van der Waals surface area (Å²) in [6.07, 6.45) is 8.27. The van der Waals surface area contributed by atoms with Gasteiger partial charge in [0.25, 0.3) is 0 Å². The first-order valence-corrected chi connectivity index (χ1v) is 11.4. The number of carbonyl (C=O) groups excluding carboxylic acids is 1. The Morgan fingerprint density at radius 1 is 1.03 bits per heavy atom. The van der Waals surface area contributed by atoms with E-state index in [1.807, 2.05) is 0 Å². The summed E-state index contributed by atoms with van der Waals surface area (Å²) < 4.78 is 0. The van der Waals surface area contributed by atoms with Crippen molar-refractivity contribution in [3.63, 3.8) is 0 Å².